The van der Waals surface area contributed by atoms with Gasteiger partial charge in [-0.15, -0.1) is 12.4 Å². The van der Waals surface area contributed by atoms with Crippen LogP contribution in [0.15, 0.2) is 85.2 Å². The molecule has 20 nitrogen and oxygen atoms in total. The fourth-order valence-electron chi connectivity index (χ4n) is 9.30. The number of rotatable bonds is 17. The summed E-state index contributed by atoms with van der Waals surface area (Å²) in [5.74, 6) is -3.52. The molecule has 6 aromatic rings. The molecule has 4 heterocycles. The van der Waals surface area contributed by atoms with Crippen molar-refractivity contribution >= 4 is 76.7 Å². The number of carboxylic acids is 2. The first-order valence-corrected chi connectivity index (χ1v) is 26.6. The molecule has 0 spiro atoms. The number of alkyl carbamates (subject to hydrolysis) is 1. The van der Waals surface area contributed by atoms with E-state index in [2.05, 4.69) is 35.5 Å². The zero-order valence-electron chi connectivity index (χ0n) is 45.8. The molecule has 0 aliphatic heterocycles. The molecule has 84 heavy (non-hydrogen) atoms. The summed E-state index contributed by atoms with van der Waals surface area (Å²) in [6, 6.07) is 11.7. The molecule has 0 saturated heterocycles. The number of halogens is 9. The molecule has 0 bridgehead atoms. The first-order chi connectivity index (χ1) is 38.9. The number of carboxylic acid groups (broad SMARTS) is 2. The Morgan fingerprint density at radius 1 is 0.679 bits per heavy atom. The summed E-state index contributed by atoms with van der Waals surface area (Å²) in [6.07, 6.45) is -4.96. The summed E-state index contributed by atoms with van der Waals surface area (Å²) in [6.45, 7) is 8.44. The third-order valence-corrected chi connectivity index (χ3v) is 13.6. The number of aryl methyl sites for hydroxylation is 2. The van der Waals surface area contributed by atoms with Crippen molar-refractivity contribution in [2.45, 2.75) is 128 Å². The van der Waals surface area contributed by atoms with Crippen LogP contribution in [0, 0.1) is 25.7 Å². The lowest BCUT2D eigenvalue weighted by atomic mass is 9.84. The molecule has 29 heteroatoms. The highest BCUT2D eigenvalue weighted by Gasteiger charge is 2.46. The van der Waals surface area contributed by atoms with E-state index in [-0.39, 0.29) is 92.6 Å². The summed E-state index contributed by atoms with van der Waals surface area (Å²) in [5, 5.41) is 30.0. The van der Waals surface area contributed by atoms with Crippen molar-refractivity contribution in [3.05, 3.63) is 129 Å². The van der Waals surface area contributed by atoms with Gasteiger partial charge in [-0.3, -0.25) is 4.79 Å². The van der Waals surface area contributed by atoms with Crippen LogP contribution in [-0.4, -0.2) is 97.8 Å². The maximum Gasteiger partial charge on any atom is 0.429 e. The monoisotopic (exact) mass is 1240 g/mol. The van der Waals surface area contributed by atoms with E-state index in [0.717, 1.165) is 5.57 Å². The van der Waals surface area contributed by atoms with Gasteiger partial charge in [-0.1, -0.05) is 47.5 Å². The van der Waals surface area contributed by atoms with E-state index in [4.69, 9.17) is 59.7 Å². The Labute approximate surface area is 494 Å². The van der Waals surface area contributed by atoms with E-state index >= 15 is 0 Å². The Morgan fingerprint density at radius 3 is 1.45 bits per heavy atom. The van der Waals surface area contributed by atoms with Crippen molar-refractivity contribution in [3.63, 3.8) is 0 Å². The van der Waals surface area contributed by atoms with E-state index in [1.54, 1.807) is 46.8 Å². The van der Waals surface area contributed by atoms with Crippen LogP contribution in [0.1, 0.15) is 118 Å². The summed E-state index contributed by atoms with van der Waals surface area (Å²) in [7, 11) is 0. The first-order valence-electron chi connectivity index (χ1n) is 25.9. The number of nitrogens with two attached hydrogens (primary N) is 3. The molecule has 0 fully saturated rings. The standard InChI is InChI=1S/C30H34ClF3N6O5.C25H26ClF3N6O3.ClH/c1-16-11-12-40(39-16)23-14-19(31)9-10-20(23)25(30(32,33)34)44-24-15-21(36-27(35)38-24)18-7-5-17(6-8-18)13-22(26(41)42)37-28(43)45-29(2,3)4;1-13-8-9-35(34-13)20-11-16(26)6-7-17(20)22(25(27,28)29)38-21-12-19(32-24(31)33-21)15-4-2-14(3-5-15)10-18(30)23(36)37;/h7,9-12,14-15,17,22,25H,5-6,8,13H2,1-4H3,(H,37,43)(H,41,42)(H2,35,36,38);4,6-9,11-12,14,18,22H,2-3,5,10,30H2,1H3,(H,36,37)(H2,31,32,33);1H/t17?,22-,25+;14?,18-,22+;/m00./s1. The van der Waals surface area contributed by atoms with Gasteiger partial charge in [0.25, 0.3) is 0 Å². The van der Waals surface area contributed by atoms with Gasteiger partial charge in [-0.05, 0) is 145 Å². The Hall–Kier alpha value is -7.68. The Kier molecular flexibility index (Phi) is 21.3. The third-order valence-electron chi connectivity index (χ3n) is 13.2. The van der Waals surface area contributed by atoms with Gasteiger partial charge in [0.15, 0.2) is 0 Å². The number of carbonyl (C=O) groups is 3. The lowest BCUT2D eigenvalue weighted by molar-refractivity contribution is -0.199. The van der Waals surface area contributed by atoms with Crippen LogP contribution in [0.4, 0.5) is 43.0 Å². The second-order valence-electron chi connectivity index (χ2n) is 20.9. The van der Waals surface area contributed by atoms with Gasteiger partial charge in [0.1, 0.15) is 17.7 Å². The highest BCUT2D eigenvalue weighted by molar-refractivity contribution is 6.31. The number of aromatic nitrogens is 8. The van der Waals surface area contributed by atoms with Gasteiger partial charge in [-0.25, -0.2) is 28.9 Å². The number of amides is 1. The largest absolute Gasteiger partial charge is 0.480 e. The summed E-state index contributed by atoms with van der Waals surface area (Å²) in [4.78, 5) is 51.1. The predicted octanol–water partition coefficient (Wildman–Crippen LogP) is 11.7. The number of ether oxygens (including phenoxy) is 3. The van der Waals surface area contributed by atoms with E-state index in [0.29, 0.717) is 67.6 Å². The third kappa shape index (κ3) is 17.9. The fraction of sp³-hybridized carbons (Fsp3) is 0.400. The van der Waals surface area contributed by atoms with E-state index in [9.17, 15) is 45.8 Å². The molecule has 2 unspecified atom stereocenters. The number of aliphatic carboxylic acids is 2. The lowest BCUT2D eigenvalue weighted by Gasteiger charge is -2.26. The van der Waals surface area contributed by atoms with Crippen LogP contribution in [0.25, 0.3) is 22.5 Å². The van der Waals surface area contributed by atoms with Crippen LogP contribution >= 0.6 is 35.6 Å². The molecule has 6 atom stereocenters. The fourth-order valence-corrected chi connectivity index (χ4v) is 9.63. The number of hydrogen-bond acceptors (Lipinski definition) is 15. The average Bonchev–Trinajstić information content (AvgIpc) is 2.37. The van der Waals surface area contributed by atoms with Crippen molar-refractivity contribution in [3.8, 4) is 23.1 Å². The summed E-state index contributed by atoms with van der Waals surface area (Å²) >= 11 is 12.2. The predicted molar refractivity (Wildman–Crippen MR) is 302 cm³/mol. The minimum atomic E-state index is -4.85. The zero-order valence-corrected chi connectivity index (χ0v) is 48.1. The molecule has 2 aliphatic carbocycles. The number of anilines is 2. The normalized spacial score (nSPS) is 16.9. The van der Waals surface area contributed by atoms with Crippen LogP contribution in [0.5, 0.6) is 11.8 Å². The maximum absolute atomic E-state index is 14.5. The van der Waals surface area contributed by atoms with Crippen LogP contribution < -0.4 is 32.0 Å². The zero-order chi connectivity index (χ0) is 60.7. The molecule has 2 aliphatic rings. The number of alkyl halides is 6. The highest BCUT2D eigenvalue weighted by atomic mass is 35.5. The van der Waals surface area contributed by atoms with Crippen LogP contribution in [-0.2, 0) is 14.3 Å². The molecule has 0 saturated carbocycles. The molecule has 8 rings (SSSR count). The number of nitrogens with zero attached hydrogens (tertiary/aromatic N) is 8. The highest BCUT2D eigenvalue weighted by Crippen LogP contribution is 2.43. The summed E-state index contributed by atoms with van der Waals surface area (Å²) < 4.78 is 105. The van der Waals surface area contributed by atoms with Gasteiger partial charge in [0.2, 0.25) is 35.9 Å². The van der Waals surface area contributed by atoms with Crippen molar-refractivity contribution in [2.24, 2.45) is 17.6 Å². The topological polar surface area (TPSA) is 297 Å². The van der Waals surface area contributed by atoms with Crippen molar-refractivity contribution in [2.75, 3.05) is 11.5 Å². The quantitative estimate of drug-likeness (QED) is 0.0463. The number of benzene rings is 2. The van der Waals surface area contributed by atoms with Gasteiger partial charge in [-0.2, -0.15) is 46.5 Å². The number of allylic oxidation sites excluding steroid dienone is 4. The Bertz CT molecular complexity index is 3390. The SMILES string of the molecule is Cc1ccn(-c2cc(Cl)ccc2[C@@H](Oc2cc(C3=CCC(C[C@H](N)C(=O)O)CC3)nc(N)n2)C(F)(F)F)n1.Cc1ccn(-c2cc(Cl)ccc2[C@@H](Oc2cc(C3=CCC(C[C@H](NC(=O)OC(C)(C)C)C(=O)O)CC3)nc(N)n2)C(F)(F)F)n1.Cl. The Morgan fingerprint density at radius 2 is 1.11 bits per heavy atom. The van der Waals surface area contributed by atoms with E-state index in [1.165, 1.54) is 70.3 Å². The first kappa shape index (κ1) is 65.5. The number of hydrogen-bond donors (Lipinski definition) is 6. The van der Waals surface area contributed by atoms with E-state index in [1.807, 2.05) is 12.2 Å². The van der Waals surface area contributed by atoms with Crippen molar-refractivity contribution < 1.29 is 65.1 Å². The number of nitrogens with one attached hydrogen (secondary N) is 1. The molecular weight excluding hydrogens is 1180 g/mol. The molecule has 0 radical (unpaired) electrons. The second kappa shape index (κ2) is 27.4. The molecule has 9 N–H and O–H groups in total. The average molecular weight is 1240 g/mol. The van der Waals surface area contributed by atoms with Gasteiger partial charge < -0.3 is 46.9 Å². The van der Waals surface area contributed by atoms with Crippen molar-refractivity contribution in [1.82, 2.24) is 44.8 Å². The summed E-state index contributed by atoms with van der Waals surface area (Å²) in [5.41, 5.74) is 19.6. The lowest BCUT2D eigenvalue weighted by Crippen LogP contribution is -2.44. The Balaban J connectivity index is 0.000000270. The van der Waals surface area contributed by atoms with Gasteiger partial charge in [0.05, 0.1) is 34.2 Å². The van der Waals surface area contributed by atoms with E-state index < -0.39 is 60.3 Å². The molecule has 4 aromatic heterocycles. The minimum Gasteiger partial charge on any atom is -0.480 e. The van der Waals surface area contributed by atoms with Crippen LogP contribution in [0.2, 0.25) is 10.0 Å². The second-order valence-corrected chi connectivity index (χ2v) is 21.8. The van der Waals surface area contributed by atoms with Crippen molar-refractivity contribution in [1.29, 1.82) is 0 Å². The molecule has 2 aromatic carbocycles. The number of nitrogen functional groups attached to an aromatic ring is 2. The maximum atomic E-state index is 14.5. The molecule has 1 amide bonds. The molecule has 452 valence electrons. The number of carbonyl (C=O) groups excluding carboxylic acids is 1. The molecular formula is C55H61Cl3F6N12O8. The van der Waals surface area contributed by atoms with Crippen LogP contribution in [0.3, 0.4) is 0 Å². The van der Waals surface area contributed by atoms with Gasteiger partial charge >= 0.3 is 30.4 Å². The minimum absolute atomic E-state index is 0. The smallest absolute Gasteiger partial charge is 0.429 e. The van der Waals surface area contributed by atoms with Gasteiger partial charge in [0, 0.05) is 45.7 Å².